The van der Waals surface area contributed by atoms with Gasteiger partial charge < -0.3 is 4.74 Å². The lowest BCUT2D eigenvalue weighted by Crippen LogP contribution is -1.90. The Morgan fingerprint density at radius 2 is 2.06 bits per heavy atom. The van der Waals surface area contributed by atoms with Crippen LogP contribution >= 0.6 is 23.2 Å². The Balaban J connectivity index is 2.34. The van der Waals surface area contributed by atoms with Crippen LogP contribution in [0.2, 0.25) is 5.02 Å². The molecule has 0 amide bonds. The van der Waals surface area contributed by atoms with Crippen molar-refractivity contribution < 1.29 is 4.74 Å². The minimum absolute atomic E-state index is 0.357. The summed E-state index contributed by atoms with van der Waals surface area (Å²) in [6.07, 6.45) is 3.31. The molecule has 0 aliphatic carbocycles. The van der Waals surface area contributed by atoms with Crippen LogP contribution in [-0.4, -0.2) is 4.98 Å². The first-order chi connectivity index (χ1) is 7.81. The average molecular weight is 254 g/mol. The van der Waals surface area contributed by atoms with Gasteiger partial charge in [0.05, 0.1) is 17.1 Å². The molecule has 0 atom stereocenters. The normalized spacial score (nSPS) is 10.1. The number of aromatic nitrogens is 1. The van der Waals surface area contributed by atoms with Crippen LogP contribution in [-0.2, 0) is 5.88 Å². The van der Waals surface area contributed by atoms with Crippen molar-refractivity contribution in [1.82, 2.24) is 4.98 Å². The molecule has 0 bridgehead atoms. The Hall–Kier alpha value is -1.25. The quantitative estimate of drug-likeness (QED) is 0.763. The van der Waals surface area contributed by atoms with Crippen molar-refractivity contribution in [2.75, 3.05) is 0 Å². The third-order valence-electron chi connectivity index (χ3n) is 2.05. The van der Waals surface area contributed by atoms with Crippen molar-refractivity contribution in [2.24, 2.45) is 0 Å². The van der Waals surface area contributed by atoms with E-state index in [0.717, 1.165) is 5.56 Å². The zero-order valence-corrected chi connectivity index (χ0v) is 9.87. The van der Waals surface area contributed by atoms with E-state index < -0.39 is 0 Å². The molecule has 0 radical (unpaired) electrons. The number of rotatable bonds is 3. The second-order valence-corrected chi connectivity index (χ2v) is 3.83. The number of pyridine rings is 1. The highest BCUT2D eigenvalue weighted by atomic mass is 35.5. The zero-order chi connectivity index (χ0) is 11.4. The highest BCUT2D eigenvalue weighted by Gasteiger charge is 2.08. The Morgan fingerprint density at radius 1 is 1.19 bits per heavy atom. The highest BCUT2D eigenvalue weighted by Crippen LogP contribution is 2.33. The zero-order valence-electron chi connectivity index (χ0n) is 8.36. The van der Waals surface area contributed by atoms with Gasteiger partial charge in [0, 0.05) is 11.8 Å². The average Bonchev–Trinajstić information content (AvgIpc) is 2.33. The van der Waals surface area contributed by atoms with Gasteiger partial charge in [-0.05, 0) is 18.2 Å². The molecule has 1 aromatic heterocycles. The summed E-state index contributed by atoms with van der Waals surface area (Å²) in [4.78, 5) is 3.96. The molecule has 1 aromatic carbocycles. The van der Waals surface area contributed by atoms with Gasteiger partial charge in [-0.25, -0.2) is 0 Å². The molecule has 0 unspecified atom stereocenters. The highest BCUT2D eigenvalue weighted by molar-refractivity contribution is 6.32. The SMILES string of the molecule is ClCc1cccc(Cl)c1Oc1cccnc1. The van der Waals surface area contributed by atoms with Crippen molar-refractivity contribution in [1.29, 1.82) is 0 Å². The van der Waals surface area contributed by atoms with Crippen LogP contribution < -0.4 is 4.74 Å². The summed E-state index contributed by atoms with van der Waals surface area (Å²) in [6.45, 7) is 0. The number of nitrogens with zero attached hydrogens (tertiary/aromatic N) is 1. The molecular weight excluding hydrogens is 245 g/mol. The predicted octanol–water partition coefficient (Wildman–Crippen LogP) is 4.27. The molecule has 2 rings (SSSR count). The van der Waals surface area contributed by atoms with Gasteiger partial charge >= 0.3 is 0 Å². The maximum absolute atomic E-state index is 6.05. The van der Waals surface area contributed by atoms with E-state index in [4.69, 9.17) is 27.9 Å². The van der Waals surface area contributed by atoms with E-state index in [1.807, 2.05) is 18.2 Å². The first-order valence-corrected chi connectivity index (χ1v) is 5.63. The smallest absolute Gasteiger partial charge is 0.150 e. The first-order valence-electron chi connectivity index (χ1n) is 4.72. The molecule has 1 heterocycles. The van der Waals surface area contributed by atoms with Crippen molar-refractivity contribution in [3.8, 4) is 11.5 Å². The number of hydrogen-bond donors (Lipinski definition) is 0. The van der Waals surface area contributed by atoms with E-state index in [0.29, 0.717) is 22.4 Å². The van der Waals surface area contributed by atoms with Gasteiger partial charge in [0.25, 0.3) is 0 Å². The fraction of sp³-hybridized carbons (Fsp3) is 0.0833. The predicted molar refractivity (Wildman–Crippen MR) is 65.3 cm³/mol. The summed E-state index contributed by atoms with van der Waals surface area (Å²) >= 11 is 11.9. The second-order valence-electron chi connectivity index (χ2n) is 3.15. The molecule has 0 saturated heterocycles. The topological polar surface area (TPSA) is 22.1 Å². The van der Waals surface area contributed by atoms with Crippen LogP contribution in [0.5, 0.6) is 11.5 Å². The minimum atomic E-state index is 0.357. The van der Waals surface area contributed by atoms with Crippen molar-refractivity contribution in [3.63, 3.8) is 0 Å². The third kappa shape index (κ3) is 2.46. The lowest BCUT2D eigenvalue weighted by molar-refractivity contribution is 0.476. The lowest BCUT2D eigenvalue weighted by Gasteiger charge is -2.10. The van der Waals surface area contributed by atoms with Gasteiger partial charge in [-0.3, -0.25) is 4.98 Å². The van der Waals surface area contributed by atoms with Gasteiger partial charge in [-0.1, -0.05) is 23.7 Å². The summed E-state index contributed by atoms with van der Waals surface area (Å²) in [5.41, 5.74) is 0.859. The molecule has 0 N–H and O–H groups in total. The standard InChI is InChI=1S/C12H9Cl2NO/c13-7-9-3-1-5-11(14)12(9)16-10-4-2-6-15-8-10/h1-6,8H,7H2. The molecule has 0 fully saturated rings. The van der Waals surface area contributed by atoms with E-state index in [1.165, 1.54) is 0 Å². The number of ether oxygens (including phenoxy) is 1. The largest absolute Gasteiger partial charge is 0.454 e. The molecule has 0 aliphatic heterocycles. The lowest BCUT2D eigenvalue weighted by atomic mass is 10.2. The minimum Gasteiger partial charge on any atom is -0.454 e. The van der Waals surface area contributed by atoms with Crippen LogP contribution in [0.1, 0.15) is 5.56 Å². The summed E-state index contributed by atoms with van der Waals surface area (Å²) in [5, 5.41) is 0.544. The Bertz CT molecular complexity index is 474. The van der Waals surface area contributed by atoms with Gasteiger partial charge in [0.15, 0.2) is 0 Å². The summed E-state index contributed by atoms with van der Waals surface area (Å²) in [6, 6.07) is 9.10. The fourth-order valence-corrected chi connectivity index (χ4v) is 1.74. The molecule has 0 aliphatic rings. The number of alkyl halides is 1. The Morgan fingerprint density at radius 3 is 2.75 bits per heavy atom. The molecule has 2 nitrogen and oxygen atoms in total. The second kappa shape index (κ2) is 5.19. The van der Waals surface area contributed by atoms with Gasteiger partial charge in [0.2, 0.25) is 0 Å². The van der Waals surface area contributed by atoms with Gasteiger partial charge in [-0.15, -0.1) is 11.6 Å². The van der Waals surface area contributed by atoms with E-state index in [9.17, 15) is 0 Å². The molecule has 0 saturated carbocycles. The molecule has 4 heteroatoms. The van der Waals surface area contributed by atoms with E-state index >= 15 is 0 Å². The molecular formula is C12H9Cl2NO. The van der Waals surface area contributed by atoms with E-state index in [-0.39, 0.29) is 0 Å². The number of hydrogen-bond acceptors (Lipinski definition) is 2. The number of para-hydroxylation sites is 1. The number of benzene rings is 1. The van der Waals surface area contributed by atoms with Crippen LogP contribution in [0.15, 0.2) is 42.7 Å². The first kappa shape index (κ1) is 11.2. The van der Waals surface area contributed by atoms with E-state index in [2.05, 4.69) is 4.98 Å². The summed E-state index contributed by atoms with van der Waals surface area (Å²) in [5.74, 6) is 1.59. The van der Waals surface area contributed by atoms with Gasteiger partial charge in [0.1, 0.15) is 11.5 Å². The van der Waals surface area contributed by atoms with Crippen molar-refractivity contribution in [3.05, 3.63) is 53.3 Å². The molecule has 82 valence electrons. The maximum atomic E-state index is 6.05. The maximum Gasteiger partial charge on any atom is 0.150 e. The monoisotopic (exact) mass is 253 g/mol. The Kier molecular flexibility index (Phi) is 3.65. The third-order valence-corrected chi connectivity index (χ3v) is 2.63. The molecule has 0 spiro atoms. The molecule has 16 heavy (non-hydrogen) atoms. The van der Waals surface area contributed by atoms with Crippen molar-refractivity contribution >= 4 is 23.2 Å². The van der Waals surface area contributed by atoms with Crippen LogP contribution in [0.3, 0.4) is 0 Å². The van der Waals surface area contributed by atoms with E-state index in [1.54, 1.807) is 24.5 Å². The van der Waals surface area contributed by atoms with Crippen molar-refractivity contribution in [2.45, 2.75) is 5.88 Å². The van der Waals surface area contributed by atoms with Crippen LogP contribution in [0.4, 0.5) is 0 Å². The van der Waals surface area contributed by atoms with Crippen LogP contribution in [0.25, 0.3) is 0 Å². The fourth-order valence-electron chi connectivity index (χ4n) is 1.30. The van der Waals surface area contributed by atoms with Gasteiger partial charge in [-0.2, -0.15) is 0 Å². The molecule has 2 aromatic rings. The number of halogens is 2. The summed E-state index contributed by atoms with van der Waals surface area (Å²) < 4.78 is 5.65. The Labute approximate surface area is 104 Å². The van der Waals surface area contributed by atoms with Crippen LogP contribution in [0, 0.1) is 0 Å². The summed E-state index contributed by atoms with van der Waals surface area (Å²) in [7, 11) is 0.